The average Bonchev–Trinajstić information content (AvgIpc) is 2.80. The van der Waals surface area contributed by atoms with E-state index < -0.39 is 0 Å². The monoisotopic (exact) mass is 389 g/mol. The van der Waals surface area contributed by atoms with E-state index >= 15 is 0 Å². The van der Waals surface area contributed by atoms with Crippen molar-refractivity contribution >= 4 is 0 Å². The van der Waals surface area contributed by atoms with Gasteiger partial charge in [-0.3, -0.25) is 4.90 Å². The standard InChI is InChI=1S/C25H31N3O/c26-20-25(23-8-2-1-3-9-23)12-10-24(11-13-25)27-18-21-6-4-5-7-22(21)19-28-14-16-29-17-15-28/h1-9,24,27H,10-19H2. The van der Waals surface area contributed by atoms with Crippen LogP contribution in [-0.2, 0) is 23.2 Å². The number of morpholine rings is 1. The lowest BCUT2D eigenvalue weighted by Gasteiger charge is -2.36. The second-order valence-corrected chi connectivity index (χ2v) is 8.37. The SMILES string of the molecule is N#CC1(c2ccccc2)CCC(NCc2ccccc2CN2CCOCC2)CC1. The molecular weight excluding hydrogens is 358 g/mol. The molecule has 4 nitrogen and oxygen atoms in total. The van der Waals surface area contributed by atoms with Crippen LogP contribution in [0.25, 0.3) is 0 Å². The molecule has 1 N–H and O–H groups in total. The van der Waals surface area contributed by atoms with Gasteiger partial charge in [-0.05, 0) is 42.4 Å². The Morgan fingerprint density at radius 1 is 0.966 bits per heavy atom. The van der Waals surface area contributed by atoms with Gasteiger partial charge < -0.3 is 10.1 Å². The molecule has 1 saturated heterocycles. The lowest BCUT2D eigenvalue weighted by Crippen LogP contribution is -2.39. The molecule has 1 saturated carbocycles. The number of hydrogen-bond donors (Lipinski definition) is 1. The van der Waals surface area contributed by atoms with Crippen LogP contribution in [0, 0.1) is 11.3 Å². The van der Waals surface area contributed by atoms with E-state index in [1.807, 2.05) is 18.2 Å². The zero-order chi connectivity index (χ0) is 19.9. The van der Waals surface area contributed by atoms with Gasteiger partial charge in [-0.15, -0.1) is 0 Å². The summed E-state index contributed by atoms with van der Waals surface area (Å²) in [6, 6.07) is 22.2. The molecule has 2 aliphatic rings. The van der Waals surface area contributed by atoms with Gasteiger partial charge in [-0.2, -0.15) is 5.26 Å². The highest BCUT2D eigenvalue weighted by Gasteiger charge is 2.36. The second-order valence-electron chi connectivity index (χ2n) is 8.37. The van der Waals surface area contributed by atoms with Crippen molar-refractivity contribution < 1.29 is 4.74 Å². The van der Waals surface area contributed by atoms with E-state index in [1.165, 1.54) is 16.7 Å². The molecule has 2 aromatic rings. The maximum Gasteiger partial charge on any atom is 0.0823 e. The summed E-state index contributed by atoms with van der Waals surface area (Å²) < 4.78 is 5.48. The van der Waals surface area contributed by atoms with E-state index in [1.54, 1.807) is 0 Å². The van der Waals surface area contributed by atoms with Gasteiger partial charge in [0, 0.05) is 32.2 Å². The number of nitriles is 1. The van der Waals surface area contributed by atoms with Crippen molar-refractivity contribution in [3.63, 3.8) is 0 Å². The molecule has 0 radical (unpaired) electrons. The summed E-state index contributed by atoms with van der Waals surface area (Å²) >= 11 is 0. The van der Waals surface area contributed by atoms with Crippen molar-refractivity contribution in [2.75, 3.05) is 26.3 Å². The molecule has 0 spiro atoms. The molecule has 1 aliphatic carbocycles. The maximum atomic E-state index is 9.90. The van der Waals surface area contributed by atoms with E-state index in [-0.39, 0.29) is 5.41 Å². The van der Waals surface area contributed by atoms with Gasteiger partial charge in [0.1, 0.15) is 0 Å². The highest BCUT2D eigenvalue weighted by Crippen LogP contribution is 2.39. The summed E-state index contributed by atoms with van der Waals surface area (Å²) in [6.07, 6.45) is 3.96. The molecule has 152 valence electrons. The van der Waals surface area contributed by atoms with Gasteiger partial charge in [-0.1, -0.05) is 54.6 Å². The summed E-state index contributed by atoms with van der Waals surface area (Å²) in [5.41, 5.74) is 3.66. The minimum Gasteiger partial charge on any atom is -0.379 e. The Bertz CT molecular complexity index is 815. The van der Waals surface area contributed by atoms with Crippen LogP contribution in [0.15, 0.2) is 54.6 Å². The van der Waals surface area contributed by atoms with Gasteiger partial charge in [0.25, 0.3) is 0 Å². The summed E-state index contributed by atoms with van der Waals surface area (Å²) in [4.78, 5) is 2.48. The molecular formula is C25H31N3O. The lowest BCUT2D eigenvalue weighted by atomic mass is 9.69. The van der Waals surface area contributed by atoms with Crippen molar-refractivity contribution in [1.29, 1.82) is 5.26 Å². The Labute approximate surface area is 174 Å². The van der Waals surface area contributed by atoms with Crippen LogP contribution in [0.1, 0.15) is 42.4 Å². The molecule has 29 heavy (non-hydrogen) atoms. The van der Waals surface area contributed by atoms with Gasteiger partial charge in [0.15, 0.2) is 0 Å². The highest BCUT2D eigenvalue weighted by atomic mass is 16.5. The summed E-state index contributed by atoms with van der Waals surface area (Å²) in [5.74, 6) is 0. The minimum atomic E-state index is -0.312. The number of hydrogen-bond acceptors (Lipinski definition) is 4. The fraction of sp³-hybridized carbons (Fsp3) is 0.480. The molecule has 2 aromatic carbocycles. The Hall–Kier alpha value is -2.19. The maximum absolute atomic E-state index is 9.90. The van der Waals surface area contributed by atoms with Gasteiger partial charge in [-0.25, -0.2) is 0 Å². The predicted molar refractivity (Wildman–Crippen MR) is 115 cm³/mol. The lowest BCUT2D eigenvalue weighted by molar-refractivity contribution is 0.0340. The van der Waals surface area contributed by atoms with Crippen molar-refractivity contribution in [1.82, 2.24) is 10.2 Å². The van der Waals surface area contributed by atoms with Crippen LogP contribution in [-0.4, -0.2) is 37.2 Å². The number of nitrogens with zero attached hydrogens (tertiary/aromatic N) is 2. The van der Waals surface area contributed by atoms with Gasteiger partial charge in [0.05, 0.1) is 24.7 Å². The van der Waals surface area contributed by atoms with Crippen LogP contribution in [0.2, 0.25) is 0 Å². The zero-order valence-electron chi connectivity index (χ0n) is 17.1. The largest absolute Gasteiger partial charge is 0.379 e. The third-order valence-electron chi connectivity index (χ3n) is 6.58. The molecule has 1 heterocycles. The van der Waals surface area contributed by atoms with E-state index in [0.29, 0.717) is 6.04 Å². The topological polar surface area (TPSA) is 48.3 Å². The fourth-order valence-corrected chi connectivity index (χ4v) is 4.68. The molecule has 0 bridgehead atoms. The second kappa shape index (κ2) is 9.54. The normalized spacial score (nSPS) is 25.4. The van der Waals surface area contributed by atoms with Crippen molar-refractivity contribution in [2.45, 2.75) is 50.2 Å². The van der Waals surface area contributed by atoms with E-state index in [9.17, 15) is 5.26 Å². The van der Waals surface area contributed by atoms with E-state index in [0.717, 1.165) is 65.1 Å². The molecule has 2 fully saturated rings. The zero-order valence-corrected chi connectivity index (χ0v) is 17.1. The van der Waals surface area contributed by atoms with E-state index in [4.69, 9.17) is 4.74 Å². The van der Waals surface area contributed by atoms with Crippen LogP contribution >= 0.6 is 0 Å². The van der Waals surface area contributed by atoms with Crippen LogP contribution in [0.3, 0.4) is 0 Å². The van der Waals surface area contributed by atoms with E-state index in [2.05, 4.69) is 52.7 Å². The van der Waals surface area contributed by atoms with Crippen molar-refractivity contribution in [3.05, 3.63) is 71.3 Å². The number of rotatable bonds is 6. The molecule has 0 unspecified atom stereocenters. The minimum absolute atomic E-state index is 0.312. The molecule has 0 amide bonds. The average molecular weight is 390 g/mol. The van der Waals surface area contributed by atoms with Gasteiger partial charge >= 0.3 is 0 Å². The number of ether oxygens (including phenoxy) is 1. The summed E-state index contributed by atoms with van der Waals surface area (Å²) in [7, 11) is 0. The first kappa shape index (κ1) is 20.1. The smallest absolute Gasteiger partial charge is 0.0823 e. The van der Waals surface area contributed by atoms with Crippen molar-refractivity contribution in [3.8, 4) is 6.07 Å². The van der Waals surface area contributed by atoms with Crippen LogP contribution < -0.4 is 5.32 Å². The van der Waals surface area contributed by atoms with Crippen molar-refractivity contribution in [2.24, 2.45) is 0 Å². The Kier molecular flexibility index (Phi) is 6.61. The fourth-order valence-electron chi connectivity index (χ4n) is 4.68. The Balaban J connectivity index is 1.33. The first-order chi connectivity index (χ1) is 14.3. The van der Waals surface area contributed by atoms with Crippen LogP contribution in [0.5, 0.6) is 0 Å². The Morgan fingerprint density at radius 3 is 2.31 bits per heavy atom. The third kappa shape index (κ3) is 4.87. The molecule has 0 atom stereocenters. The first-order valence-electron chi connectivity index (χ1n) is 10.9. The number of benzene rings is 2. The molecule has 0 aromatic heterocycles. The highest BCUT2D eigenvalue weighted by molar-refractivity contribution is 5.33. The summed E-state index contributed by atoms with van der Waals surface area (Å²) in [5, 5.41) is 13.7. The third-order valence-corrected chi connectivity index (χ3v) is 6.58. The predicted octanol–water partition coefficient (Wildman–Crippen LogP) is 4.01. The quantitative estimate of drug-likeness (QED) is 0.811. The Morgan fingerprint density at radius 2 is 1.62 bits per heavy atom. The van der Waals surface area contributed by atoms with Gasteiger partial charge in [0.2, 0.25) is 0 Å². The number of nitrogens with one attached hydrogen (secondary N) is 1. The molecule has 1 aliphatic heterocycles. The molecule has 4 rings (SSSR count). The first-order valence-corrected chi connectivity index (χ1v) is 10.9. The van der Waals surface area contributed by atoms with Crippen LogP contribution in [0.4, 0.5) is 0 Å². The molecule has 4 heteroatoms. The summed E-state index contributed by atoms with van der Waals surface area (Å²) in [6.45, 7) is 5.60.